The maximum Gasteiger partial charge on any atom is 0.150 e. The van der Waals surface area contributed by atoms with Gasteiger partial charge in [-0.15, -0.1) is 11.3 Å². The quantitative estimate of drug-likeness (QED) is 0.910. The summed E-state index contributed by atoms with van der Waals surface area (Å²) in [6.07, 6.45) is 4.74. The lowest BCUT2D eigenvalue weighted by molar-refractivity contribution is 0.578. The monoisotopic (exact) mass is 281 g/mol. The standard InChI is InChI=1S/C13H16ClN3S/c1-3-5-15-11(12-10(14)4-6-18-12)13-16-7-9(2)8-17-13/h4,6-8,11,15H,3,5H2,1-2H3. The fraction of sp³-hybridized carbons (Fsp3) is 0.385. The van der Waals surface area contributed by atoms with Crippen LogP contribution < -0.4 is 5.32 Å². The fourth-order valence-electron chi connectivity index (χ4n) is 1.65. The van der Waals surface area contributed by atoms with Crippen molar-refractivity contribution in [2.24, 2.45) is 0 Å². The van der Waals surface area contributed by atoms with Crippen molar-refractivity contribution in [1.29, 1.82) is 0 Å². The highest BCUT2D eigenvalue weighted by atomic mass is 35.5. The topological polar surface area (TPSA) is 37.8 Å². The van der Waals surface area contributed by atoms with E-state index in [1.165, 1.54) is 0 Å². The highest BCUT2D eigenvalue weighted by Crippen LogP contribution is 2.31. The maximum atomic E-state index is 6.21. The summed E-state index contributed by atoms with van der Waals surface area (Å²) in [4.78, 5) is 9.88. The summed E-state index contributed by atoms with van der Waals surface area (Å²) >= 11 is 7.84. The molecule has 0 fully saturated rings. The minimum absolute atomic E-state index is 0.0157. The second-order valence-electron chi connectivity index (χ2n) is 4.14. The van der Waals surface area contributed by atoms with Crippen LogP contribution in [0.1, 0.15) is 35.7 Å². The first-order valence-corrected chi connectivity index (χ1v) is 7.23. The second-order valence-corrected chi connectivity index (χ2v) is 5.49. The highest BCUT2D eigenvalue weighted by molar-refractivity contribution is 7.10. The molecule has 1 unspecified atom stereocenters. The molecule has 0 aliphatic rings. The Bertz CT molecular complexity index is 495. The molecule has 18 heavy (non-hydrogen) atoms. The van der Waals surface area contributed by atoms with Crippen molar-refractivity contribution in [1.82, 2.24) is 15.3 Å². The molecular weight excluding hydrogens is 266 g/mol. The lowest BCUT2D eigenvalue weighted by Gasteiger charge is -2.16. The first-order chi connectivity index (χ1) is 8.72. The Balaban J connectivity index is 2.30. The van der Waals surface area contributed by atoms with Gasteiger partial charge in [-0.3, -0.25) is 0 Å². The number of halogens is 1. The molecule has 0 aromatic carbocycles. The van der Waals surface area contributed by atoms with Crippen molar-refractivity contribution in [3.63, 3.8) is 0 Å². The van der Waals surface area contributed by atoms with Gasteiger partial charge in [0.15, 0.2) is 5.82 Å². The molecule has 0 saturated heterocycles. The van der Waals surface area contributed by atoms with Crippen LogP contribution in [0.15, 0.2) is 23.8 Å². The van der Waals surface area contributed by atoms with Crippen LogP contribution >= 0.6 is 22.9 Å². The molecule has 0 saturated carbocycles. The number of nitrogens with zero attached hydrogens (tertiary/aromatic N) is 2. The number of aromatic nitrogens is 2. The van der Waals surface area contributed by atoms with E-state index < -0.39 is 0 Å². The molecule has 0 aliphatic carbocycles. The number of aryl methyl sites for hydroxylation is 1. The van der Waals surface area contributed by atoms with Crippen molar-refractivity contribution < 1.29 is 0 Å². The lowest BCUT2D eigenvalue weighted by atomic mass is 10.2. The molecule has 1 atom stereocenters. The number of hydrogen-bond donors (Lipinski definition) is 1. The van der Waals surface area contributed by atoms with Gasteiger partial charge in [0.1, 0.15) is 6.04 Å². The smallest absolute Gasteiger partial charge is 0.150 e. The fourth-order valence-corrected chi connectivity index (χ4v) is 2.89. The molecule has 5 heteroatoms. The summed E-state index contributed by atoms with van der Waals surface area (Å²) in [5, 5.41) is 6.22. The van der Waals surface area contributed by atoms with Gasteiger partial charge < -0.3 is 5.32 Å². The Morgan fingerprint density at radius 1 is 1.39 bits per heavy atom. The van der Waals surface area contributed by atoms with E-state index in [-0.39, 0.29) is 6.04 Å². The number of hydrogen-bond acceptors (Lipinski definition) is 4. The van der Waals surface area contributed by atoms with Gasteiger partial charge in [-0.2, -0.15) is 0 Å². The zero-order chi connectivity index (χ0) is 13.0. The summed E-state index contributed by atoms with van der Waals surface area (Å²) in [7, 11) is 0. The molecule has 96 valence electrons. The van der Waals surface area contributed by atoms with Gasteiger partial charge in [0, 0.05) is 17.3 Å². The molecule has 0 amide bonds. The zero-order valence-corrected chi connectivity index (χ0v) is 12.1. The van der Waals surface area contributed by atoms with E-state index in [0.717, 1.165) is 34.3 Å². The highest BCUT2D eigenvalue weighted by Gasteiger charge is 2.20. The van der Waals surface area contributed by atoms with Crippen LogP contribution in [-0.2, 0) is 0 Å². The molecule has 0 aliphatic heterocycles. The van der Waals surface area contributed by atoms with E-state index in [1.807, 2.05) is 30.8 Å². The molecule has 2 aromatic rings. The van der Waals surface area contributed by atoms with Gasteiger partial charge in [0.2, 0.25) is 0 Å². The Morgan fingerprint density at radius 3 is 2.67 bits per heavy atom. The van der Waals surface area contributed by atoms with Crippen LogP contribution in [0.3, 0.4) is 0 Å². The Kier molecular flexibility index (Phi) is 4.69. The van der Waals surface area contributed by atoms with Crippen LogP contribution in [0.25, 0.3) is 0 Å². The van der Waals surface area contributed by atoms with Gasteiger partial charge in [-0.25, -0.2) is 9.97 Å². The Morgan fingerprint density at radius 2 is 2.11 bits per heavy atom. The van der Waals surface area contributed by atoms with Crippen molar-refractivity contribution in [2.45, 2.75) is 26.3 Å². The molecule has 3 nitrogen and oxygen atoms in total. The van der Waals surface area contributed by atoms with E-state index in [0.29, 0.717) is 0 Å². The van der Waals surface area contributed by atoms with Crippen molar-refractivity contribution in [3.05, 3.63) is 45.1 Å². The number of rotatable bonds is 5. The Hall–Kier alpha value is -0.970. The molecule has 1 N–H and O–H groups in total. The van der Waals surface area contributed by atoms with Crippen LogP contribution in [0.2, 0.25) is 5.02 Å². The number of nitrogens with one attached hydrogen (secondary N) is 1. The van der Waals surface area contributed by atoms with Crippen LogP contribution in [0.4, 0.5) is 0 Å². The minimum atomic E-state index is -0.0157. The third-order valence-corrected chi connectivity index (χ3v) is 3.99. The molecule has 2 rings (SSSR count). The summed E-state index contributed by atoms with van der Waals surface area (Å²) in [5.74, 6) is 0.776. The summed E-state index contributed by atoms with van der Waals surface area (Å²) in [6.45, 7) is 5.03. The normalized spacial score (nSPS) is 12.6. The van der Waals surface area contributed by atoms with Crippen molar-refractivity contribution in [2.75, 3.05) is 6.54 Å². The van der Waals surface area contributed by atoms with Gasteiger partial charge in [-0.05, 0) is 36.9 Å². The van der Waals surface area contributed by atoms with E-state index in [4.69, 9.17) is 11.6 Å². The van der Waals surface area contributed by atoms with Gasteiger partial charge in [0.25, 0.3) is 0 Å². The third kappa shape index (κ3) is 3.07. The summed E-state index contributed by atoms with van der Waals surface area (Å²) in [6, 6.07) is 1.90. The first-order valence-electron chi connectivity index (χ1n) is 5.97. The Labute approximate surface area is 116 Å². The van der Waals surface area contributed by atoms with Crippen molar-refractivity contribution >= 4 is 22.9 Å². The number of thiophene rings is 1. The SMILES string of the molecule is CCCNC(c1ncc(C)cn1)c1sccc1Cl. The maximum absolute atomic E-state index is 6.21. The molecular formula is C13H16ClN3S. The molecule has 0 spiro atoms. The predicted molar refractivity (Wildman–Crippen MR) is 76.2 cm³/mol. The van der Waals surface area contributed by atoms with E-state index in [1.54, 1.807) is 11.3 Å². The largest absolute Gasteiger partial charge is 0.303 e. The first kappa shape index (κ1) is 13.5. The average molecular weight is 282 g/mol. The molecule has 2 aromatic heterocycles. The van der Waals surface area contributed by atoms with E-state index >= 15 is 0 Å². The summed E-state index contributed by atoms with van der Waals surface area (Å²) in [5.41, 5.74) is 1.06. The van der Waals surface area contributed by atoms with Crippen molar-refractivity contribution in [3.8, 4) is 0 Å². The van der Waals surface area contributed by atoms with Crippen LogP contribution in [-0.4, -0.2) is 16.5 Å². The van der Waals surface area contributed by atoms with Gasteiger partial charge in [-0.1, -0.05) is 18.5 Å². The van der Waals surface area contributed by atoms with Crippen LogP contribution in [0.5, 0.6) is 0 Å². The second kappa shape index (κ2) is 6.27. The zero-order valence-electron chi connectivity index (χ0n) is 10.5. The minimum Gasteiger partial charge on any atom is -0.303 e. The summed E-state index contributed by atoms with van der Waals surface area (Å²) < 4.78 is 0. The molecule has 0 bridgehead atoms. The van der Waals surface area contributed by atoms with Crippen LogP contribution in [0, 0.1) is 6.92 Å². The predicted octanol–water partition coefficient (Wildman–Crippen LogP) is 3.59. The average Bonchev–Trinajstić information content (AvgIpc) is 2.78. The van der Waals surface area contributed by atoms with E-state index in [2.05, 4.69) is 22.2 Å². The van der Waals surface area contributed by atoms with Gasteiger partial charge in [0.05, 0.1) is 5.02 Å². The molecule has 0 radical (unpaired) electrons. The lowest BCUT2D eigenvalue weighted by Crippen LogP contribution is -2.24. The molecule has 2 heterocycles. The third-order valence-electron chi connectivity index (χ3n) is 2.56. The van der Waals surface area contributed by atoms with E-state index in [9.17, 15) is 0 Å². The van der Waals surface area contributed by atoms with Gasteiger partial charge >= 0.3 is 0 Å².